The lowest BCUT2D eigenvalue weighted by atomic mass is 9.89. The topological polar surface area (TPSA) is 110 Å². The molecular weight excluding hydrogens is 804 g/mol. The van der Waals surface area contributed by atoms with Crippen LogP contribution in [0.15, 0.2) is 128 Å². The second kappa shape index (κ2) is 18.1. The van der Waals surface area contributed by atoms with E-state index in [0.29, 0.717) is 63.6 Å². The van der Waals surface area contributed by atoms with Crippen LogP contribution >= 0.6 is 23.2 Å². The van der Waals surface area contributed by atoms with Crippen molar-refractivity contribution in [3.63, 3.8) is 0 Å². The van der Waals surface area contributed by atoms with E-state index in [1.807, 2.05) is 60.7 Å². The number of ether oxygens (including phenoxy) is 3. The fourth-order valence-electron chi connectivity index (χ4n) is 7.95. The molecule has 2 aliphatic rings. The Balaban J connectivity index is 0.993. The number of hydrogen-bond donors (Lipinski definition) is 2. The van der Waals surface area contributed by atoms with Crippen molar-refractivity contribution in [1.82, 2.24) is 15.2 Å². The number of pyridine rings is 1. The number of amides is 1. The number of halogens is 3. The molecule has 60 heavy (non-hydrogen) atoms. The van der Waals surface area contributed by atoms with Gasteiger partial charge in [0, 0.05) is 30.8 Å². The van der Waals surface area contributed by atoms with Gasteiger partial charge in [-0.2, -0.15) is 0 Å². The fraction of sp³-hybridized carbons (Fsp3) is 0.229. The summed E-state index contributed by atoms with van der Waals surface area (Å²) in [6.07, 6.45) is 3.42. The molecule has 2 aliphatic heterocycles. The highest BCUT2D eigenvalue weighted by Crippen LogP contribution is 2.43. The molecule has 0 saturated carbocycles. The van der Waals surface area contributed by atoms with Gasteiger partial charge in [-0.1, -0.05) is 103 Å². The second-order valence-corrected chi connectivity index (χ2v) is 15.8. The van der Waals surface area contributed by atoms with Gasteiger partial charge in [0.1, 0.15) is 30.8 Å². The number of carbonyl (C=O) groups is 2. The van der Waals surface area contributed by atoms with Gasteiger partial charge in [-0.05, 0) is 94.3 Å². The molecule has 0 spiro atoms. The van der Waals surface area contributed by atoms with Crippen LogP contribution in [0.25, 0.3) is 11.1 Å². The van der Waals surface area contributed by atoms with Crippen LogP contribution in [0.2, 0.25) is 10.0 Å². The fourth-order valence-corrected chi connectivity index (χ4v) is 8.27. The number of carbonyl (C=O) groups excluding carboxylic acids is 1. The maximum Gasteiger partial charge on any atom is 0.326 e. The summed E-state index contributed by atoms with van der Waals surface area (Å²) in [5, 5.41) is 14.2. The summed E-state index contributed by atoms with van der Waals surface area (Å²) in [5.41, 5.74) is 6.56. The number of aliphatic carboxylic acids is 1. The summed E-state index contributed by atoms with van der Waals surface area (Å²) in [6, 6.07) is 33.7. The molecule has 8 rings (SSSR count). The Bertz CT molecular complexity index is 2490. The maximum absolute atomic E-state index is 14.4. The van der Waals surface area contributed by atoms with Crippen molar-refractivity contribution >= 4 is 35.1 Å². The summed E-state index contributed by atoms with van der Waals surface area (Å²) in [5.74, 6) is -0.0725. The summed E-state index contributed by atoms with van der Waals surface area (Å²) in [7, 11) is 0. The molecule has 5 aromatic carbocycles. The van der Waals surface area contributed by atoms with E-state index in [-0.39, 0.29) is 31.1 Å². The Morgan fingerprint density at radius 3 is 2.38 bits per heavy atom. The highest BCUT2D eigenvalue weighted by molar-refractivity contribution is 6.42. The molecule has 306 valence electrons. The smallest absolute Gasteiger partial charge is 0.326 e. The van der Waals surface area contributed by atoms with E-state index in [1.165, 1.54) is 6.20 Å². The molecule has 0 saturated heterocycles. The molecule has 4 atom stereocenters. The predicted octanol–water partition coefficient (Wildman–Crippen LogP) is 9.98. The molecule has 1 unspecified atom stereocenters. The molecule has 2 N–H and O–H groups in total. The molecular formula is C48H42Cl2FN3O6. The largest absolute Gasteiger partial charge is 0.489 e. The molecule has 1 amide bonds. The molecule has 1 aromatic heterocycles. The van der Waals surface area contributed by atoms with Crippen molar-refractivity contribution in [2.45, 2.75) is 63.6 Å². The van der Waals surface area contributed by atoms with Crippen molar-refractivity contribution in [2.75, 3.05) is 6.61 Å². The van der Waals surface area contributed by atoms with E-state index in [1.54, 1.807) is 42.5 Å². The van der Waals surface area contributed by atoms with Crippen LogP contribution in [0.5, 0.6) is 17.2 Å². The van der Waals surface area contributed by atoms with Gasteiger partial charge in [-0.15, -0.1) is 0 Å². The highest BCUT2D eigenvalue weighted by Gasteiger charge is 2.39. The minimum absolute atomic E-state index is 0.0493. The minimum Gasteiger partial charge on any atom is -0.489 e. The minimum atomic E-state index is -1.19. The second-order valence-electron chi connectivity index (χ2n) is 15.0. The zero-order valence-corrected chi connectivity index (χ0v) is 34.2. The lowest BCUT2D eigenvalue weighted by Gasteiger charge is -2.42. The average Bonchev–Trinajstić information content (AvgIpc) is 3.26. The van der Waals surface area contributed by atoms with E-state index >= 15 is 0 Å². The van der Waals surface area contributed by atoms with Crippen LogP contribution in [0.3, 0.4) is 0 Å². The van der Waals surface area contributed by atoms with Crippen LogP contribution < -0.4 is 19.5 Å². The SMILES string of the molecule is CC[C@@H](c1ccccc1)N1Cc2cc3c(cc2C[C@H]1C(=O)NC(Cc1ccc(-c2ccncc2F)cc1)C(=O)O)OC[C@H](c1ccc(OCc2ccc(Cl)c(Cl)c2)cc1)O3. The Kier molecular flexibility index (Phi) is 12.3. The van der Waals surface area contributed by atoms with Gasteiger partial charge in [-0.3, -0.25) is 14.7 Å². The van der Waals surface area contributed by atoms with Crippen molar-refractivity contribution in [3.8, 4) is 28.4 Å². The van der Waals surface area contributed by atoms with Crippen LogP contribution in [-0.4, -0.2) is 45.6 Å². The van der Waals surface area contributed by atoms with Crippen molar-refractivity contribution < 1.29 is 33.3 Å². The van der Waals surface area contributed by atoms with E-state index in [2.05, 4.69) is 34.3 Å². The molecule has 3 heterocycles. The third kappa shape index (κ3) is 9.11. The molecule has 0 aliphatic carbocycles. The maximum atomic E-state index is 14.4. The Labute approximate surface area is 357 Å². The zero-order valence-electron chi connectivity index (χ0n) is 32.7. The third-order valence-electron chi connectivity index (χ3n) is 11.1. The average molecular weight is 847 g/mol. The van der Waals surface area contributed by atoms with Gasteiger partial charge in [0.2, 0.25) is 5.91 Å². The molecule has 12 heteroatoms. The van der Waals surface area contributed by atoms with Crippen LogP contribution in [0.4, 0.5) is 4.39 Å². The first-order valence-electron chi connectivity index (χ1n) is 19.8. The number of aromatic nitrogens is 1. The van der Waals surface area contributed by atoms with E-state index in [0.717, 1.165) is 40.4 Å². The van der Waals surface area contributed by atoms with Crippen molar-refractivity contribution in [1.29, 1.82) is 0 Å². The monoisotopic (exact) mass is 845 g/mol. The Morgan fingerprint density at radius 1 is 0.917 bits per heavy atom. The van der Waals surface area contributed by atoms with Crippen LogP contribution in [0.1, 0.15) is 58.9 Å². The van der Waals surface area contributed by atoms with Crippen LogP contribution in [-0.2, 0) is 35.6 Å². The van der Waals surface area contributed by atoms with E-state index in [4.69, 9.17) is 37.4 Å². The lowest BCUT2D eigenvalue weighted by molar-refractivity contribution is -0.143. The number of carboxylic acid groups (broad SMARTS) is 1. The summed E-state index contributed by atoms with van der Waals surface area (Å²) >= 11 is 12.2. The van der Waals surface area contributed by atoms with Gasteiger partial charge in [-0.25, -0.2) is 9.18 Å². The molecule has 0 bridgehead atoms. The Morgan fingerprint density at radius 2 is 1.67 bits per heavy atom. The summed E-state index contributed by atoms with van der Waals surface area (Å²) < 4.78 is 33.2. The number of fused-ring (bicyclic) bond motifs is 2. The van der Waals surface area contributed by atoms with Gasteiger partial charge in [0.25, 0.3) is 0 Å². The number of nitrogens with one attached hydrogen (secondary N) is 1. The normalized spacial score (nSPS) is 16.9. The number of carboxylic acids is 1. The molecule has 9 nitrogen and oxygen atoms in total. The molecule has 6 aromatic rings. The number of hydrogen-bond acceptors (Lipinski definition) is 7. The number of nitrogens with zero attached hydrogens (tertiary/aromatic N) is 2. The first-order valence-corrected chi connectivity index (χ1v) is 20.5. The van der Waals surface area contributed by atoms with Gasteiger partial charge in [0.15, 0.2) is 17.6 Å². The van der Waals surface area contributed by atoms with Gasteiger partial charge < -0.3 is 24.6 Å². The van der Waals surface area contributed by atoms with Gasteiger partial charge >= 0.3 is 5.97 Å². The number of benzene rings is 5. The lowest BCUT2D eigenvalue weighted by Crippen LogP contribution is -2.55. The van der Waals surface area contributed by atoms with Gasteiger partial charge in [0.05, 0.1) is 22.3 Å². The Hall–Kier alpha value is -5.94. The van der Waals surface area contributed by atoms with E-state index < -0.39 is 23.9 Å². The van der Waals surface area contributed by atoms with Crippen molar-refractivity contribution in [2.24, 2.45) is 0 Å². The van der Waals surface area contributed by atoms with Crippen molar-refractivity contribution in [3.05, 3.63) is 177 Å². The highest BCUT2D eigenvalue weighted by atomic mass is 35.5. The van der Waals surface area contributed by atoms with E-state index in [9.17, 15) is 19.1 Å². The van der Waals surface area contributed by atoms with Crippen LogP contribution in [0, 0.1) is 5.82 Å². The molecule has 0 radical (unpaired) electrons. The standard InChI is InChI=1S/C48H42Cl2FN3O6/c1-2-42(32-6-4-3-5-7-32)54-26-35-24-45-44(59-28-46(60-45)33-13-15-36(16-14-33)58-27-30-10-17-38(49)39(50)20-30)23-34(35)22-43(54)47(55)53-41(48(56)57)21-29-8-11-31(12-9-29)37-18-19-52-25-40(37)51/h3-20,23-25,41-43,46H,2,21-22,26-28H2,1H3,(H,53,55)(H,56,57)/t41?,42-,43-,46+/m0/s1. The summed E-state index contributed by atoms with van der Waals surface area (Å²) in [6.45, 7) is 3.14. The predicted molar refractivity (Wildman–Crippen MR) is 228 cm³/mol. The quantitative estimate of drug-likeness (QED) is 0.118. The molecule has 0 fully saturated rings. The zero-order chi connectivity index (χ0) is 41.8. The summed E-state index contributed by atoms with van der Waals surface area (Å²) in [4.78, 5) is 33.0. The first-order chi connectivity index (χ1) is 29.1. The third-order valence-corrected chi connectivity index (χ3v) is 11.8. The first kappa shape index (κ1) is 40.8. The number of rotatable bonds is 13.